The van der Waals surface area contributed by atoms with Crippen LogP contribution in [0, 0.1) is 0 Å². The Hall–Kier alpha value is -2.77. The minimum atomic E-state index is -0.114. The molecule has 1 saturated heterocycles. The van der Waals surface area contributed by atoms with Crippen LogP contribution in [0.3, 0.4) is 0 Å². The summed E-state index contributed by atoms with van der Waals surface area (Å²) in [6.07, 6.45) is 5.60. The van der Waals surface area contributed by atoms with Gasteiger partial charge in [0.15, 0.2) is 0 Å². The molecule has 2 atom stereocenters. The summed E-state index contributed by atoms with van der Waals surface area (Å²) >= 11 is 0. The summed E-state index contributed by atoms with van der Waals surface area (Å²) in [6, 6.07) is 8.16. The predicted octanol–water partition coefficient (Wildman–Crippen LogP) is 2.33. The lowest BCUT2D eigenvalue weighted by molar-refractivity contribution is -0.120. The maximum Gasteiger partial charge on any atom is 0.228 e. The zero-order valence-electron chi connectivity index (χ0n) is 14.5. The molecule has 3 heterocycles. The van der Waals surface area contributed by atoms with Crippen LogP contribution in [0.25, 0.3) is 21.9 Å². The number of nitrogens with zero attached hydrogens (tertiary/aromatic N) is 2. The van der Waals surface area contributed by atoms with Crippen LogP contribution in [0.2, 0.25) is 0 Å². The predicted molar refractivity (Wildman–Crippen MR) is 99.8 cm³/mol. The Morgan fingerprint density at radius 1 is 1.27 bits per heavy atom. The summed E-state index contributed by atoms with van der Waals surface area (Å²) < 4.78 is 5.67. The largest absolute Gasteiger partial charge is 0.375 e. The third kappa shape index (κ3) is 3.58. The zero-order chi connectivity index (χ0) is 17.9. The zero-order valence-corrected chi connectivity index (χ0v) is 14.5. The number of pyridine rings is 1. The van der Waals surface area contributed by atoms with Crippen molar-refractivity contribution in [3.8, 4) is 11.1 Å². The maximum atomic E-state index is 12.3. The lowest BCUT2D eigenvalue weighted by Gasteiger charge is -2.29. The van der Waals surface area contributed by atoms with Crippen LogP contribution in [0.1, 0.15) is 13.3 Å². The number of carbonyl (C=O) groups excluding carboxylic acids is 1. The fraction of sp³-hybridized carbons (Fsp3) is 0.316. The van der Waals surface area contributed by atoms with Crippen LogP contribution >= 0.6 is 0 Å². The fourth-order valence-electron chi connectivity index (χ4n) is 3.18. The number of H-pyrrole nitrogens is 1. The smallest absolute Gasteiger partial charge is 0.228 e. The third-order valence-corrected chi connectivity index (χ3v) is 4.67. The van der Waals surface area contributed by atoms with E-state index in [1.165, 1.54) is 0 Å². The molecule has 3 aromatic rings. The summed E-state index contributed by atoms with van der Waals surface area (Å²) in [7, 11) is 0. The highest BCUT2D eigenvalue weighted by Gasteiger charge is 2.24. The molecule has 7 heteroatoms. The van der Waals surface area contributed by atoms with Crippen molar-refractivity contribution in [2.45, 2.75) is 25.5 Å². The van der Waals surface area contributed by atoms with E-state index in [0.29, 0.717) is 18.8 Å². The number of morpholine rings is 1. The average Bonchev–Trinajstić information content (AvgIpc) is 3.18. The first-order chi connectivity index (χ1) is 12.7. The molecule has 0 bridgehead atoms. The molecule has 0 radical (unpaired) electrons. The quantitative estimate of drug-likeness (QED) is 0.671. The molecule has 1 aliphatic rings. The number of fused-ring (bicyclic) bond motifs is 1. The first-order valence-electron chi connectivity index (χ1n) is 8.73. The standard InChI is InChI=1S/C19H21N5O2/c1-12-17(26-5-4-20-12)8-19(25)24-18-7-15-6-13(16-10-22-23-11-16)2-3-14(15)9-21-18/h2-3,6-7,9-12,17,20H,4-5,8H2,1H3,(H,22,23)(H,21,24,25). The Kier molecular flexibility index (Phi) is 4.64. The van der Waals surface area contributed by atoms with Crippen LogP contribution in [0.5, 0.6) is 0 Å². The average molecular weight is 351 g/mol. The minimum absolute atomic E-state index is 0.0941. The van der Waals surface area contributed by atoms with Gasteiger partial charge < -0.3 is 15.4 Å². The van der Waals surface area contributed by atoms with Gasteiger partial charge in [0.1, 0.15) is 5.82 Å². The second kappa shape index (κ2) is 7.23. The van der Waals surface area contributed by atoms with Crippen molar-refractivity contribution >= 4 is 22.5 Å². The number of benzene rings is 1. The normalized spacial score (nSPS) is 20.2. The molecule has 4 rings (SSSR count). The number of aromatic amines is 1. The number of hydrogen-bond acceptors (Lipinski definition) is 5. The number of ether oxygens (including phenoxy) is 1. The van der Waals surface area contributed by atoms with E-state index in [0.717, 1.165) is 28.4 Å². The van der Waals surface area contributed by atoms with Crippen LogP contribution in [-0.4, -0.2) is 46.4 Å². The number of anilines is 1. The monoisotopic (exact) mass is 351 g/mol. The van der Waals surface area contributed by atoms with Crippen molar-refractivity contribution < 1.29 is 9.53 Å². The van der Waals surface area contributed by atoms with E-state index in [1.54, 1.807) is 12.4 Å². The van der Waals surface area contributed by atoms with Crippen molar-refractivity contribution in [1.29, 1.82) is 0 Å². The molecule has 1 amide bonds. The van der Waals surface area contributed by atoms with Gasteiger partial charge in [-0.2, -0.15) is 5.10 Å². The van der Waals surface area contributed by atoms with Gasteiger partial charge in [0, 0.05) is 35.9 Å². The third-order valence-electron chi connectivity index (χ3n) is 4.67. The van der Waals surface area contributed by atoms with Crippen molar-refractivity contribution in [3.63, 3.8) is 0 Å². The second-order valence-corrected chi connectivity index (χ2v) is 6.52. The van der Waals surface area contributed by atoms with Crippen molar-refractivity contribution in [2.75, 3.05) is 18.5 Å². The molecule has 2 aromatic heterocycles. The first kappa shape index (κ1) is 16.7. The lowest BCUT2D eigenvalue weighted by atomic mass is 10.0. The highest BCUT2D eigenvalue weighted by atomic mass is 16.5. The SMILES string of the molecule is CC1NCCOC1CC(=O)Nc1cc2cc(-c3cn[nH]c3)ccc2cn1. The lowest BCUT2D eigenvalue weighted by Crippen LogP contribution is -2.47. The van der Waals surface area contributed by atoms with Gasteiger partial charge in [-0.1, -0.05) is 12.1 Å². The summed E-state index contributed by atoms with van der Waals surface area (Å²) in [4.78, 5) is 16.7. The molecule has 3 N–H and O–H groups in total. The molecule has 0 aliphatic carbocycles. The molecule has 0 spiro atoms. The van der Waals surface area contributed by atoms with Gasteiger partial charge in [0.05, 0.1) is 25.3 Å². The van der Waals surface area contributed by atoms with Gasteiger partial charge in [0.25, 0.3) is 0 Å². The van der Waals surface area contributed by atoms with Crippen LogP contribution in [0.15, 0.2) is 42.9 Å². The van der Waals surface area contributed by atoms with Crippen LogP contribution in [0.4, 0.5) is 5.82 Å². The van der Waals surface area contributed by atoms with Gasteiger partial charge in [-0.05, 0) is 30.0 Å². The van der Waals surface area contributed by atoms with Crippen LogP contribution < -0.4 is 10.6 Å². The first-order valence-corrected chi connectivity index (χ1v) is 8.73. The summed E-state index contributed by atoms with van der Waals surface area (Å²) in [6.45, 7) is 3.49. The molecule has 0 saturated carbocycles. The minimum Gasteiger partial charge on any atom is -0.375 e. The molecule has 134 valence electrons. The van der Waals surface area contributed by atoms with Gasteiger partial charge >= 0.3 is 0 Å². The van der Waals surface area contributed by atoms with Gasteiger partial charge in [-0.15, -0.1) is 0 Å². The van der Waals surface area contributed by atoms with Crippen molar-refractivity contribution in [3.05, 3.63) is 42.9 Å². The fourth-order valence-corrected chi connectivity index (χ4v) is 3.18. The van der Waals surface area contributed by atoms with Gasteiger partial charge in [-0.3, -0.25) is 9.89 Å². The Balaban J connectivity index is 1.50. The number of amides is 1. The van der Waals surface area contributed by atoms with Crippen LogP contribution in [-0.2, 0) is 9.53 Å². The molecule has 1 aromatic carbocycles. The summed E-state index contributed by atoms with van der Waals surface area (Å²) in [5, 5.41) is 15.0. The van der Waals surface area contributed by atoms with E-state index < -0.39 is 0 Å². The Morgan fingerprint density at radius 2 is 2.19 bits per heavy atom. The van der Waals surface area contributed by atoms with Crippen molar-refractivity contribution in [2.24, 2.45) is 0 Å². The summed E-state index contributed by atoms with van der Waals surface area (Å²) in [5.74, 6) is 0.451. The summed E-state index contributed by atoms with van der Waals surface area (Å²) in [5.41, 5.74) is 2.08. The van der Waals surface area contributed by atoms with E-state index in [9.17, 15) is 4.79 Å². The molecule has 26 heavy (non-hydrogen) atoms. The maximum absolute atomic E-state index is 12.3. The van der Waals surface area contributed by atoms with Gasteiger partial charge in [-0.25, -0.2) is 4.98 Å². The van der Waals surface area contributed by atoms with E-state index in [-0.39, 0.29) is 18.1 Å². The molecule has 2 unspecified atom stereocenters. The van der Waals surface area contributed by atoms with E-state index in [1.807, 2.05) is 31.3 Å². The Morgan fingerprint density at radius 3 is 3.00 bits per heavy atom. The van der Waals surface area contributed by atoms with E-state index >= 15 is 0 Å². The van der Waals surface area contributed by atoms with Gasteiger partial charge in [0.2, 0.25) is 5.91 Å². The molecular weight excluding hydrogens is 330 g/mol. The van der Waals surface area contributed by atoms with Crippen molar-refractivity contribution in [1.82, 2.24) is 20.5 Å². The second-order valence-electron chi connectivity index (χ2n) is 6.52. The Labute approximate surface area is 151 Å². The van der Waals surface area contributed by atoms with E-state index in [4.69, 9.17) is 4.74 Å². The number of aromatic nitrogens is 3. The molecule has 1 fully saturated rings. The topological polar surface area (TPSA) is 91.9 Å². The number of rotatable bonds is 4. The van der Waals surface area contributed by atoms with E-state index in [2.05, 4.69) is 31.9 Å². The number of nitrogens with one attached hydrogen (secondary N) is 3. The molecular formula is C19H21N5O2. The Bertz CT molecular complexity index is 909. The highest BCUT2D eigenvalue weighted by molar-refractivity contribution is 5.94. The molecule has 1 aliphatic heterocycles. The number of hydrogen-bond donors (Lipinski definition) is 3. The highest BCUT2D eigenvalue weighted by Crippen LogP contribution is 2.25. The molecule has 7 nitrogen and oxygen atoms in total. The number of carbonyl (C=O) groups is 1.